The Morgan fingerprint density at radius 2 is 1.95 bits per heavy atom. The van der Waals surface area contributed by atoms with E-state index in [0.717, 1.165) is 24.7 Å². The van der Waals surface area contributed by atoms with Crippen molar-refractivity contribution in [2.24, 2.45) is 5.92 Å². The van der Waals surface area contributed by atoms with Gasteiger partial charge in [0.15, 0.2) is 0 Å². The molecule has 1 aromatic heterocycles. The van der Waals surface area contributed by atoms with Crippen LogP contribution in [0, 0.1) is 5.92 Å². The molecular formula is C16H23N3O2. The molecule has 0 spiro atoms. The van der Waals surface area contributed by atoms with Gasteiger partial charge in [-0.15, -0.1) is 0 Å². The lowest BCUT2D eigenvalue weighted by atomic mass is 9.99. The van der Waals surface area contributed by atoms with Gasteiger partial charge in [0.2, 0.25) is 0 Å². The summed E-state index contributed by atoms with van der Waals surface area (Å²) in [5, 5.41) is 0. The second kappa shape index (κ2) is 6.43. The summed E-state index contributed by atoms with van der Waals surface area (Å²) in [4.78, 5) is 20.9. The molecule has 0 atom stereocenters. The van der Waals surface area contributed by atoms with Crippen molar-refractivity contribution in [1.29, 1.82) is 0 Å². The van der Waals surface area contributed by atoms with Gasteiger partial charge >= 0.3 is 0 Å². The van der Waals surface area contributed by atoms with Gasteiger partial charge in [0.05, 0.1) is 13.2 Å². The van der Waals surface area contributed by atoms with Gasteiger partial charge < -0.3 is 14.5 Å². The first-order valence-electron chi connectivity index (χ1n) is 7.82. The SMILES string of the molecule is CC1CCN(c2ccnc(C(=O)N3CCOCC3)c2)CC1. The highest BCUT2D eigenvalue weighted by molar-refractivity contribution is 5.93. The first-order chi connectivity index (χ1) is 10.2. The van der Waals surface area contributed by atoms with Gasteiger partial charge in [0.25, 0.3) is 5.91 Å². The molecule has 3 heterocycles. The van der Waals surface area contributed by atoms with Gasteiger partial charge in [-0.25, -0.2) is 0 Å². The number of piperidine rings is 1. The van der Waals surface area contributed by atoms with E-state index in [1.165, 1.54) is 12.8 Å². The van der Waals surface area contributed by atoms with Crippen molar-refractivity contribution in [1.82, 2.24) is 9.88 Å². The molecule has 5 heteroatoms. The molecule has 114 valence electrons. The van der Waals surface area contributed by atoms with Crippen molar-refractivity contribution in [3.63, 3.8) is 0 Å². The van der Waals surface area contributed by atoms with E-state index in [1.807, 2.05) is 17.0 Å². The Bertz CT molecular complexity index is 492. The van der Waals surface area contributed by atoms with Gasteiger partial charge in [-0.2, -0.15) is 0 Å². The highest BCUT2D eigenvalue weighted by atomic mass is 16.5. The number of carbonyl (C=O) groups is 1. The van der Waals surface area contributed by atoms with Crippen LogP contribution in [0.2, 0.25) is 0 Å². The van der Waals surface area contributed by atoms with Crippen molar-refractivity contribution in [2.45, 2.75) is 19.8 Å². The van der Waals surface area contributed by atoms with Crippen molar-refractivity contribution < 1.29 is 9.53 Å². The standard InChI is InChI=1S/C16H23N3O2/c1-13-3-6-18(7-4-13)14-2-5-17-15(12-14)16(20)19-8-10-21-11-9-19/h2,5,12-13H,3-4,6-11H2,1H3. The van der Waals surface area contributed by atoms with Crippen molar-refractivity contribution in [3.8, 4) is 0 Å². The summed E-state index contributed by atoms with van der Waals surface area (Å²) in [7, 11) is 0. The lowest BCUT2D eigenvalue weighted by molar-refractivity contribution is 0.0299. The molecule has 1 amide bonds. The molecule has 0 N–H and O–H groups in total. The monoisotopic (exact) mass is 289 g/mol. The zero-order valence-electron chi connectivity index (χ0n) is 12.6. The van der Waals surface area contributed by atoms with E-state index in [2.05, 4.69) is 16.8 Å². The number of nitrogens with zero attached hydrogens (tertiary/aromatic N) is 3. The minimum atomic E-state index is 0.0190. The maximum absolute atomic E-state index is 12.5. The number of morpholine rings is 1. The van der Waals surface area contributed by atoms with Crippen molar-refractivity contribution in [2.75, 3.05) is 44.3 Å². The van der Waals surface area contributed by atoms with E-state index in [0.29, 0.717) is 32.0 Å². The molecule has 2 saturated heterocycles. The van der Waals surface area contributed by atoms with E-state index >= 15 is 0 Å². The fraction of sp³-hybridized carbons (Fsp3) is 0.625. The number of pyridine rings is 1. The van der Waals surface area contributed by atoms with Crippen LogP contribution in [0.4, 0.5) is 5.69 Å². The van der Waals surface area contributed by atoms with Gasteiger partial charge in [0, 0.05) is 38.1 Å². The third-order valence-electron chi connectivity index (χ3n) is 4.41. The predicted molar refractivity (Wildman–Crippen MR) is 81.6 cm³/mol. The molecule has 0 radical (unpaired) electrons. The van der Waals surface area contributed by atoms with Crippen LogP contribution in [-0.2, 0) is 4.74 Å². The molecule has 21 heavy (non-hydrogen) atoms. The van der Waals surface area contributed by atoms with E-state index in [4.69, 9.17) is 4.74 Å². The lowest BCUT2D eigenvalue weighted by Crippen LogP contribution is -2.41. The Morgan fingerprint density at radius 1 is 1.24 bits per heavy atom. The Balaban J connectivity index is 1.71. The molecule has 0 aromatic carbocycles. The summed E-state index contributed by atoms with van der Waals surface area (Å²) in [6.45, 7) is 6.99. The lowest BCUT2D eigenvalue weighted by Gasteiger charge is -2.32. The fourth-order valence-electron chi connectivity index (χ4n) is 2.93. The summed E-state index contributed by atoms with van der Waals surface area (Å²) in [5.74, 6) is 0.822. The highest BCUT2D eigenvalue weighted by Gasteiger charge is 2.21. The second-order valence-electron chi connectivity index (χ2n) is 5.97. The molecule has 0 unspecified atom stereocenters. The van der Waals surface area contributed by atoms with E-state index in [9.17, 15) is 4.79 Å². The van der Waals surface area contributed by atoms with Gasteiger partial charge in [0.1, 0.15) is 5.69 Å². The van der Waals surface area contributed by atoms with E-state index < -0.39 is 0 Å². The maximum atomic E-state index is 12.5. The quantitative estimate of drug-likeness (QED) is 0.833. The average Bonchev–Trinajstić information content (AvgIpc) is 2.56. The van der Waals surface area contributed by atoms with Crippen LogP contribution < -0.4 is 4.90 Å². The predicted octanol–water partition coefficient (Wildman–Crippen LogP) is 1.79. The summed E-state index contributed by atoms with van der Waals surface area (Å²) in [6, 6.07) is 3.94. The number of rotatable bonds is 2. The Hall–Kier alpha value is -1.62. The normalized spacial score (nSPS) is 20.6. The molecule has 0 aliphatic carbocycles. The molecule has 2 fully saturated rings. The first kappa shape index (κ1) is 14.3. The molecule has 2 aliphatic rings. The van der Waals surface area contributed by atoms with Crippen LogP contribution in [-0.4, -0.2) is 55.2 Å². The van der Waals surface area contributed by atoms with Crippen LogP contribution >= 0.6 is 0 Å². The largest absolute Gasteiger partial charge is 0.378 e. The van der Waals surface area contributed by atoms with Crippen LogP contribution in [0.15, 0.2) is 18.3 Å². The number of anilines is 1. The summed E-state index contributed by atoms with van der Waals surface area (Å²) in [5.41, 5.74) is 1.67. The number of aromatic nitrogens is 1. The molecule has 2 aliphatic heterocycles. The minimum absolute atomic E-state index is 0.0190. The zero-order chi connectivity index (χ0) is 14.7. The average molecular weight is 289 g/mol. The van der Waals surface area contributed by atoms with Crippen LogP contribution in [0.5, 0.6) is 0 Å². The molecule has 5 nitrogen and oxygen atoms in total. The summed E-state index contributed by atoms with van der Waals surface area (Å²) >= 11 is 0. The van der Waals surface area contributed by atoms with Crippen LogP contribution in [0.1, 0.15) is 30.3 Å². The fourth-order valence-corrected chi connectivity index (χ4v) is 2.93. The Labute approximate surface area is 125 Å². The molecular weight excluding hydrogens is 266 g/mol. The van der Waals surface area contributed by atoms with E-state index in [-0.39, 0.29) is 5.91 Å². The highest BCUT2D eigenvalue weighted by Crippen LogP contribution is 2.23. The van der Waals surface area contributed by atoms with Crippen molar-refractivity contribution in [3.05, 3.63) is 24.0 Å². The number of hydrogen-bond acceptors (Lipinski definition) is 4. The number of carbonyl (C=O) groups excluding carboxylic acids is 1. The smallest absolute Gasteiger partial charge is 0.272 e. The molecule has 3 rings (SSSR count). The third-order valence-corrected chi connectivity index (χ3v) is 4.41. The topological polar surface area (TPSA) is 45.7 Å². The van der Waals surface area contributed by atoms with Crippen LogP contribution in [0.3, 0.4) is 0 Å². The maximum Gasteiger partial charge on any atom is 0.272 e. The molecule has 0 bridgehead atoms. The number of ether oxygens (including phenoxy) is 1. The number of hydrogen-bond donors (Lipinski definition) is 0. The number of amides is 1. The molecule has 0 saturated carbocycles. The van der Waals surface area contributed by atoms with Gasteiger partial charge in [-0.1, -0.05) is 6.92 Å². The minimum Gasteiger partial charge on any atom is -0.378 e. The van der Waals surface area contributed by atoms with Gasteiger partial charge in [-0.05, 0) is 30.9 Å². The Kier molecular flexibility index (Phi) is 4.39. The Morgan fingerprint density at radius 3 is 2.67 bits per heavy atom. The summed E-state index contributed by atoms with van der Waals surface area (Å²) in [6.07, 6.45) is 4.19. The zero-order valence-corrected chi connectivity index (χ0v) is 12.6. The first-order valence-corrected chi connectivity index (χ1v) is 7.82. The van der Waals surface area contributed by atoms with Crippen LogP contribution in [0.25, 0.3) is 0 Å². The third kappa shape index (κ3) is 3.35. The van der Waals surface area contributed by atoms with Crippen molar-refractivity contribution >= 4 is 11.6 Å². The van der Waals surface area contributed by atoms with E-state index in [1.54, 1.807) is 6.20 Å². The van der Waals surface area contributed by atoms with Gasteiger partial charge in [-0.3, -0.25) is 9.78 Å². The second-order valence-corrected chi connectivity index (χ2v) is 5.97. The summed E-state index contributed by atoms with van der Waals surface area (Å²) < 4.78 is 5.29. The molecule has 1 aromatic rings.